The summed E-state index contributed by atoms with van der Waals surface area (Å²) in [6.45, 7) is 7.14. The molecule has 0 saturated heterocycles. The van der Waals surface area contributed by atoms with Gasteiger partial charge in [0.05, 0.1) is 24.0 Å². The molecule has 21 heavy (non-hydrogen) atoms. The van der Waals surface area contributed by atoms with Crippen molar-refractivity contribution in [1.29, 1.82) is 0 Å². The van der Waals surface area contributed by atoms with Crippen molar-refractivity contribution in [3.63, 3.8) is 0 Å². The molecule has 1 rings (SSSR count). The maximum atomic E-state index is 11.7. The fraction of sp³-hybridized carbons (Fsp3) is 0.643. The van der Waals surface area contributed by atoms with Crippen LogP contribution in [-0.2, 0) is 11.3 Å². The average molecular weight is 296 g/mol. The highest BCUT2D eigenvalue weighted by atomic mass is 16.4. The Labute approximate surface area is 124 Å². The zero-order chi connectivity index (χ0) is 15.8. The van der Waals surface area contributed by atoms with Gasteiger partial charge in [-0.1, -0.05) is 27.2 Å². The van der Waals surface area contributed by atoms with Crippen LogP contribution in [0, 0.1) is 0 Å². The molecular formula is C14H24N4O3. The molecule has 3 N–H and O–H groups in total. The Morgan fingerprint density at radius 2 is 2.14 bits per heavy atom. The highest BCUT2D eigenvalue weighted by Gasteiger charge is 2.16. The number of hydrogen-bond acceptors (Lipinski definition) is 3. The van der Waals surface area contributed by atoms with E-state index < -0.39 is 12.0 Å². The number of carboxylic acids is 1. The highest BCUT2D eigenvalue weighted by molar-refractivity contribution is 5.90. The number of aromatic nitrogens is 2. The second-order valence-electron chi connectivity index (χ2n) is 5.20. The van der Waals surface area contributed by atoms with Gasteiger partial charge in [-0.2, -0.15) is 5.10 Å². The van der Waals surface area contributed by atoms with Crippen LogP contribution >= 0.6 is 0 Å². The standard InChI is InChI=1S/C14H24N4O3/c1-4-5-8-18-13(10(2)3)11(9-16-18)17-14(21)15-7-6-12(19)20/h9-10H,4-8H2,1-3H3,(H,19,20)(H2,15,17,21). The van der Waals surface area contributed by atoms with Gasteiger partial charge in [-0.25, -0.2) is 4.79 Å². The Bertz CT molecular complexity index is 483. The zero-order valence-corrected chi connectivity index (χ0v) is 12.8. The first kappa shape index (κ1) is 17.0. The molecule has 2 amide bonds. The number of nitrogens with one attached hydrogen (secondary N) is 2. The Morgan fingerprint density at radius 3 is 2.71 bits per heavy atom. The number of carboxylic acid groups (broad SMARTS) is 1. The van der Waals surface area contributed by atoms with E-state index in [0.29, 0.717) is 5.69 Å². The number of carbonyl (C=O) groups is 2. The van der Waals surface area contributed by atoms with Crippen LogP contribution in [0.25, 0.3) is 0 Å². The molecule has 0 aliphatic carbocycles. The summed E-state index contributed by atoms with van der Waals surface area (Å²) in [4.78, 5) is 22.1. The maximum absolute atomic E-state index is 11.7. The molecule has 0 atom stereocenters. The normalized spacial score (nSPS) is 10.7. The molecule has 0 radical (unpaired) electrons. The van der Waals surface area contributed by atoms with E-state index in [0.717, 1.165) is 25.1 Å². The van der Waals surface area contributed by atoms with E-state index in [1.54, 1.807) is 6.20 Å². The average Bonchev–Trinajstić information content (AvgIpc) is 2.78. The summed E-state index contributed by atoms with van der Waals surface area (Å²) in [5.74, 6) is -0.704. The van der Waals surface area contributed by atoms with Crippen molar-refractivity contribution in [3.05, 3.63) is 11.9 Å². The van der Waals surface area contributed by atoms with Crippen molar-refractivity contribution in [2.45, 2.75) is 52.5 Å². The van der Waals surface area contributed by atoms with E-state index in [4.69, 9.17) is 5.11 Å². The van der Waals surface area contributed by atoms with Gasteiger partial charge < -0.3 is 15.7 Å². The second-order valence-corrected chi connectivity index (χ2v) is 5.20. The van der Waals surface area contributed by atoms with Crippen molar-refractivity contribution in [2.75, 3.05) is 11.9 Å². The van der Waals surface area contributed by atoms with Crippen LogP contribution in [-0.4, -0.2) is 33.4 Å². The molecule has 0 aromatic carbocycles. The van der Waals surface area contributed by atoms with E-state index in [-0.39, 0.29) is 18.9 Å². The van der Waals surface area contributed by atoms with Gasteiger partial charge in [0.25, 0.3) is 0 Å². The minimum absolute atomic E-state index is 0.0970. The van der Waals surface area contributed by atoms with Gasteiger partial charge in [-0.15, -0.1) is 0 Å². The summed E-state index contributed by atoms with van der Waals surface area (Å²) < 4.78 is 1.92. The van der Waals surface area contributed by atoms with Gasteiger partial charge in [0.15, 0.2) is 0 Å². The first-order valence-electron chi connectivity index (χ1n) is 7.28. The SMILES string of the molecule is CCCCn1ncc(NC(=O)NCCC(=O)O)c1C(C)C. The van der Waals surface area contributed by atoms with Crippen molar-refractivity contribution >= 4 is 17.7 Å². The van der Waals surface area contributed by atoms with Crippen LogP contribution in [0.2, 0.25) is 0 Å². The molecule has 1 aromatic rings. The third kappa shape index (κ3) is 5.45. The predicted molar refractivity (Wildman–Crippen MR) is 80.5 cm³/mol. The molecule has 1 aromatic heterocycles. The molecule has 0 bridgehead atoms. The van der Waals surface area contributed by atoms with Gasteiger partial charge in [-0.05, 0) is 12.3 Å². The maximum Gasteiger partial charge on any atom is 0.319 e. The Kier molecular flexibility index (Phi) is 6.71. The fourth-order valence-corrected chi connectivity index (χ4v) is 2.04. The molecule has 7 heteroatoms. The number of nitrogens with zero attached hydrogens (tertiary/aromatic N) is 2. The lowest BCUT2D eigenvalue weighted by molar-refractivity contribution is -0.136. The summed E-state index contributed by atoms with van der Waals surface area (Å²) >= 11 is 0. The third-order valence-electron chi connectivity index (χ3n) is 3.02. The van der Waals surface area contributed by atoms with Crippen LogP contribution in [0.4, 0.5) is 10.5 Å². The molecule has 0 spiro atoms. The van der Waals surface area contributed by atoms with Gasteiger partial charge in [-0.3, -0.25) is 9.48 Å². The molecule has 7 nitrogen and oxygen atoms in total. The number of aryl methyl sites for hydroxylation is 1. The lowest BCUT2D eigenvalue weighted by Crippen LogP contribution is -2.30. The Balaban J connectivity index is 2.67. The van der Waals surface area contributed by atoms with Crippen molar-refractivity contribution in [3.8, 4) is 0 Å². The first-order valence-corrected chi connectivity index (χ1v) is 7.28. The summed E-state index contributed by atoms with van der Waals surface area (Å²) in [7, 11) is 0. The van der Waals surface area contributed by atoms with Crippen LogP contribution in [0.1, 0.15) is 51.6 Å². The van der Waals surface area contributed by atoms with Crippen molar-refractivity contribution in [1.82, 2.24) is 15.1 Å². The summed E-state index contributed by atoms with van der Waals surface area (Å²) in [6, 6.07) is -0.409. The van der Waals surface area contributed by atoms with Gasteiger partial charge in [0.1, 0.15) is 0 Å². The minimum Gasteiger partial charge on any atom is -0.481 e. The zero-order valence-electron chi connectivity index (χ0n) is 12.8. The molecule has 0 aliphatic rings. The molecule has 1 heterocycles. The Hall–Kier alpha value is -2.05. The summed E-state index contributed by atoms with van der Waals surface area (Å²) in [5.41, 5.74) is 1.66. The number of aliphatic carboxylic acids is 1. The molecule has 0 saturated carbocycles. The minimum atomic E-state index is -0.939. The van der Waals surface area contributed by atoms with E-state index in [1.807, 2.05) is 18.5 Å². The van der Waals surface area contributed by atoms with Crippen LogP contribution in [0.3, 0.4) is 0 Å². The van der Waals surface area contributed by atoms with Crippen LogP contribution < -0.4 is 10.6 Å². The van der Waals surface area contributed by atoms with E-state index in [2.05, 4.69) is 22.7 Å². The third-order valence-corrected chi connectivity index (χ3v) is 3.02. The highest BCUT2D eigenvalue weighted by Crippen LogP contribution is 2.24. The van der Waals surface area contributed by atoms with Crippen molar-refractivity contribution < 1.29 is 14.7 Å². The number of carbonyl (C=O) groups excluding carboxylic acids is 1. The Morgan fingerprint density at radius 1 is 1.43 bits per heavy atom. The molecular weight excluding hydrogens is 272 g/mol. The quantitative estimate of drug-likeness (QED) is 0.686. The largest absolute Gasteiger partial charge is 0.481 e. The molecule has 118 valence electrons. The number of urea groups is 1. The molecule has 0 aliphatic heterocycles. The van der Waals surface area contributed by atoms with E-state index >= 15 is 0 Å². The van der Waals surface area contributed by atoms with Gasteiger partial charge in [0.2, 0.25) is 0 Å². The smallest absolute Gasteiger partial charge is 0.319 e. The lowest BCUT2D eigenvalue weighted by Gasteiger charge is -2.13. The van der Waals surface area contributed by atoms with E-state index in [1.165, 1.54) is 0 Å². The first-order chi connectivity index (χ1) is 9.95. The monoisotopic (exact) mass is 296 g/mol. The summed E-state index contributed by atoms with van der Waals surface area (Å²) in [5, 5.41) is 18.1. The van der Waals surface area contributed by atoms with E-state index in [9.17, 15) is 9.59 Å². The number of hydrogen-bond donors (Lipinski definition) is 3. The van der Waals surface area contributed by atoms with Crippen LogP contribution in [0.5, 0.6) is 0 Å². The number of anilines is 1. The number of rotatable bonds is 8. The molecule has 0 fully saturated rings. The molecule has 0 unspecified atom stereocenters. The summed E-state index contributed by atoms with van der Waals surface area (Å²) in [6.07, 6.45) is 3.66. The van der Waals surface area contributed by atoms with Gasteiger partial charge in [0, 0.05) is 13.1 Å². The van der Waals surface area contributed by atoms with Gasteiger partial charge >= 0.3 is 12.0 Å². The lowest BCUT2D eigenvalue weighted by atomic mass is 10.1. The number of amides is 2. The fourth-order valence-electron chi connectivity index (χ4n) is 2.04. The van der Waals surface area contributed by atoms with Crippen LogP contribution in [0.15, 0.2) is 6.20 Å². The second kappa shape index (κ2) is 8.28. The van der Waals surface area contributed by atoms with Crippen molar-refractivity contribution in [2.24, 2.45) is 0 Å². The topological polar surface area (TPSA) is 96.3 Å². The predicted octanol–water partition coefficient (Wildman–Crippen LogP) is 2.40. The number of unbranched alkanes of at least 4 members (excludes halogenated alkanes) is 1.